The Morgan fingerprint density at radius 2 is 2.11 bits per heavy atom. The van der Waals surface area contributed by atoms with Crippen LogP contribution in [0.2, 0.25) is 0 Å². The first-order valence-electron chi connectivity index (χ1n) is 6.27. The average molecular weight is 276 g/mol. The van der Waals surface area contributed by atoms with E-state index in [1.165, 1.54) is 0 Å². The van der Waals surface area contributed by atoms with E-state index in [9.17, 15) is 0 Å². The van der Waals surface area contributed by atoms with Gasteiger partial charge < -0.3 is 10.1 Å². The highest BCUT2D eigenvalue weighted by Gasteiger charge is 2.16. The number of aromatic nitrogens is 1. The highest BCUT2D eigenvalue weighted by molar-refractivity contribution is 7.99. The van der Waals surface area contributed by atoms with Gasteiger partial charge in [-0.15, -0.1) is 0 Å². The molecule has 2 aromatic rings. The predicted molar refractivity (Wildman–Crippen MR) is 84.4 cm³/mol. The SMILES string of the molecule is COc1ccc2c(NCC(C)(C)SC)nccc2c1. The Bertz CT molecular complexity index is 569. The van der Waals surface area contributed by atoms with E-state index in [1.54, 1.807) is 7.11 Å². The number of nitrogens with one attached hydrogen (secondary N) is 1. The second kappa shape index (κ2) is 5.70. The Hall–Kier alpha value is -1.42. The molecule has 102 valence electrons. The summed E-state index contributed by atoms with van der Waals surface area (Å²) in [6.45, 7) is 5.32. The molecule has 0 unspecified atom stereocenters. The van der Waals surface area contributed by atoms with Gasteiger partial charge in [0.2, 0.25) is 0 Å². The molecule has 0 aliphatic heterocycles. The van der Waals surface area contributed by atoms with E-state index < -0.39 is 0 Å². The third-order valence-electron chi connectivity index (χ3n) is 3.21. The Labute approximate surface area is 118 Å². The highest BCUT2D eigenvalue weighted by Crippen LogP contribution is 2.27. The van der Waals surface area contributed by atoms with E-state index in [1.807, 2.05) is 36.2 Å². The van der Waals surface area contributed by atoms with Crippen LogP contribution < -0.4 is 10.1 Å². The third kappa shape index (κ3) is 3.32. The van der Waals surface area contributed by atoms with Gasteiger partial charge in [0.15, 0.2) is 0 Å². The fraction of sp³-hybridized carbons (Fsp3) is 0.400. The summed E-state index contributed by atoms with van der Waals surface area (Å²) in [5, 5.41) is 5.71. The molecule has 1 aromatic carbocycles. The molecule has 1 N–H and O–H groups in total. The molecule has 3 nitrogen and oxygen atoms in total. The number of rotatable bonds is 5. The normalized spacial score (nSPS) is 11.6. The van der Waals surface area contributed by atoms with Crippen molar-refractivity contribution < 1.29 is 4.74 Å². The van der Waals surface area contributed by atoms with E-state index in [0.717, 1.165) is 28.9 Å². The molecule has 1 heterocycles. The lowest BCUT2D eigenvalue weighted by Crippen LogP contribution is -2.26. The second-order valence-electron chi connectivity index (χ2n) is 5.06. The van der Waals surface area contributed by atoms with Gasteiger partial charge in [0.25, 0.3) is 0 Å². The molecule has 19 heavy (non-hydrogen) atoms. The summed E-state index contributed by atoms with van der Waals surface area (Å²) < 4.78 is 5.44. The minimum atomic E-state index is 0.191. The minimum absolute atomic E-state index is 0.191. The maximum Gasteiger partial charge on any atom is 0.133 e. The number of ether oxygens (including phenoxy) is 1. The first-order chi connectivity index (χ1) is 9.05. The summed E-state index contributed by atoms with van der Waals surface area (Å²) in [5.41, 5.74) is 0. The van der Waals surface area contributed by atoms with Crippen LogP contribution in [0.25, 0.3) is 10.8 Å². The number of methoxy groups -OCH3 is 1. The first-order valence-corrected chi connectivity index (χ1v) is 7.50. The first kappa shape index (κ1) is 14.0. The molecule has 0 saturated heterocycles. The lowest BCUT2D eigenvalue weighted by Gasteiger charge is -2.23. The van der Waals surface area contributed by atoms with Crippen LogP contribution >= 0.6 is 11.8 Å². The van der Waals surface area contributed by atoms with E-state index in [0.29, 0.717) is 0 Å². The maximum atomic E-state index is 5.25. The Morgan fingerprint density at radius 1 is 1.32 bits per heavy atom. The summed E-state index contributed by atoms with van der Waals surface area (Å²) >= 11 is 1.85. The van der Waals surface area contributed by atoms with Crippen LogP contribution in [0.5, 0.6) is 5.75 Å². The number of thioether (sulfide) groups is 1. The van der Waals surface area contributed by atoms with Gasteiger partial charge in [-0.1, -0.05) is 0 Å². The molecular weight excluding hydrogens is 256 g/mol. The van der Waals surface area contributed by atoms with Gasteiger partial charge in [-0.2, -0.15) is 11.8 Å². The van der Waals surface area contributed by atoms with Crippen molar-refractivity contribution in [2.45, 2.75) is 18.6 Å². The summed E-state index contributed by atoms with van der Waals surface area (Å²) in [6.07, 6.45) is 3.96. The van der Waals surface area contributed by atoms with Crippen molar-refractivity contribution in [2.24, 2.45) is 0 Å². The summed E-state index contributed by atoms with van der Waals surface area (Å²) in [7, 11) is 1.68. The van der Waals surface area contributed by atoms with Gasteiger partial charge in [-0.3, -0.25) is 0 Å². The zero-order valence-corrected chi connectivity index (χ0v) is 12.7. The van der Waals surface area contributed by atoms with Crippen molar-refractivity contribution in [3.8, 4) is 5.75 Å². The molecule has 4 heteroatoms. The lowest BCUT2D eigenvalue weighted by molar-refractivity contribution is 0.415. The van der Waals surface area contributed by atoms with Gasteiger partial charge in [0.1, 0.15) is 11.6 Å². The second-order valence-corrected chi connectivity index (χ2v) is 6.58. The van der Waals surface area contributed by atoms with Crippen LogP contribution in [0.15, 0.2) is 30.5 Å². The van der Waals surface area contributed by atoms with Crippen LogP contribution in [0, 0.1) is 0 Å². The number of hydrogen-bond acceptors (Lipinski definition) is 4. The quantitative estimate of drug-likeness (QED) is 0.900. The molecule has 0 saturated carbocycles. The van der Waals surface area contributed by atoms with E-state index in [-0.39, 0.29) is 4.75 Å². The summed E-state index contributed by atoms with van der Waals surface area (Å²) in [5.74, 6) is 1.80. The van der Waals surface area contributed by atoms with Gasteiger partial charge in [0, 0.05) is 22.9 Å². The zero-order valence-electron chi connectivity index (χ0n) is 11.9. The van der Waals surface area contributed by atoms with Crippen LogP contribution in [-0.4, -0.2) is 29.6 Å². The molecular formula is C15H20N2OS. The molecule has 0 bridgehead atoms. The summed E-state index contributed by atoms with van der Waals surface area (Å²) in [4.78, 5) is 4.44. The van der Waals surface area contributed by atoms with Crippen molar-refractivity contribution >= 4 is 28.4 Å². The number of hydrogen-bond donors (Lipinski definition) is 1. The smallest absolute Gasteiger partial charge is 0.133 e. The topological polar surface area (TPSA) is 34.1 Å². The lowest BCUT2D eigenvalue weighted by atomic mass is 10.1. The zero-order chi connectivity index (χ0) is 13.9. The van der Waals surface area contributed by atoms with E-state index >= 15 is 0 Å². The van der Waals surface area contributed by atoms with Crippen molar-refractivity contribution in [3.63, 3.8) is 0 Å². The number of anilines is 1. The number of benzene rings is 1. The molecule has 0 fully saturated rings. The van der Waals surface area contributed by atoms with Crippen molar-refractivity contribution in [1.82, 2.24) is 4.98 Å². The van der Waals surface area contributed by atoms with Gasteiger partial charge in [0.05, 0.1) is 7.11 Å². The predicted octanol–water partition coefficient (Wildman–Crippen LogP) is 3.80. The van der Waals surface area contributed by atoms with Gasteiger partial charge >= 0.3 is 0 Å². The average Bonchev–Trinajstić information content (AvgIpc) is 2.44. The third-order valence-corrected chi connectivity index (χ3v) is 4.46. The van der Waals surface area contributed by atoms with Crippen molar-refractivity contribution in [3.05, 3.63) is 30.5 Å². The van der Waals surface area contributed by atoms with Gasteiger partial charge in [-0.25, -0.2) is 4.98 Å². The fourth-order valence-electron chi connectivity index (χ4n) is 1.79. The van der Waals surface area contributed by atoms with Crippen LogP contribution in [0.1, 0.15) is 13.8 Å². The standard InChI is InChI=1S/C15H20N2OS/c1-15(2,19-4)10-17-14-13-6-5-12(18-3)9-11(13)7-8-16-14/h5-9H,10H2,1-4H3,(H,16,17). The Balaban J connectivity index is 2.29. The number of nitrogens with zero attached hydrogens (tertiary/aromatic N) is 1. The van der Waals surface area contributed by atoms with Crippen LogP contribution in [0.3, 0.4) is 0 Å². The van der Waals surface area contributed by atoms with Crippen LogP contribution in [-0.2, 0) is 0 Å². The van der Waals surface area contributed by atoms with Crippen LogP contribution in [0.4, 0.5) is 5.82 Å². The minimum Gasteiger partial charge on any atom is -0.497 e. The monoisotopic (exact) mass is 276 g/mol. The summed E-state index contributed by atoms with van der Waals surface area (Å²) in [6, 6.07) is 8.05. The molecule has 0 aliphatic rings. The number of fused-ring (bicyclic) bond motifs is 1. The number of pyridine rings is 1. The molecule has 0 spiro atoms. The molecule has 0 aliphatic carbocycles. The molecule has 0 radical (unpaired) electrons. The molecule has 1 aromatic heterocycles. The van der Waals surface area contributed by atoms with E-state index in [4.69, 9.17) is 4.74 Å². The Kier molecular flexibility index (Phi) is 4.20. The van der Waals surface area contributed by atoms with Crippen molar-refractivity contribution in [2.75, 3.05) is 25.2 Å². The molecule has 0 amide bonds. The van der Waals surface area contributed by atoms with E-state index in [2.05, 4.69) is 36.5 Å². The Morgan fingerprint density at radius 3 is 2.79 bits per heavy atom. The highest BCUT2D eigenvalue weighted by atomic mass is 32.2. The largest absolute Gasteiger partial charge is 0.497 e. The van der Waals surface area contributed by atoms with Gasteiger partial charge in [-0.05, 0) is 49.8 Å². The molecule has 0 atom stereocenters. The molecule has 2 rings (SSSR count). The maximum absolute atomic E-state index is 5.25. The fourth-order valence-corrected chi connectivity index (χ4v) is 2.01. The van der Waals surface area contributed by atoms with Crippen molar-refractivity contribution in [1.29, 1.82) is 0 Å².